The van der Waals surface area contributed by atoms with Gasteiger partial charge in [-0.1, -0.05) is 0 Å². The van der Waals surface area contributed by atoms with Crippen LogP contribution in [0.2, 0.25) is 0 Å². The van der Waals surface area contributed by atoms with E-state index < -0.39 is 5.54 Å². The summed E-state index contributed by atoms with van der Waals surface area (Å²) in [6, 6.07) is 0. The topological polar surface area (TPSA) is 26.0 Å². The Morgan fingerprint density at radius 3 is 2.00 bits per heavy atom. The molecule has 0 unspecified atom stereocenters. The van der Waals surface area contributed by atoms with Gasteiger partial charge in [-0.25, -0.2) is 0 Å². The predicted molar refractivity (Wildman–Crippen MR) is 23.0 cm³/mol. The Morgan fingerprint density at radius 2 is 2.00 bits per heavy atom. The maximum atomic E-state index is 5.02. The van der Waals surface area contributed by atoms with Crippen LogP contribution < -0.4 is 5.73 Å². The van der Waals surface area contributed by atoms with Crippen molar-refractivity contribution < 1.29 is 0 Å². The van der Waals surface area contributed by atoms with Gasteiger partial charge in [-0.15, -0.1) is 0 Å². The van der Waals surface area contributed by atoms with E-state index >= 15 is 0 Å². The Bertz CT molecular complexity index is 19.1. The van der Waals surface area contributed by atoms with Crippen molar-refractivity contribution in [2.45, 2.75) is 5.54 Å². The largest absolute Gasteiger partial charge is 0.314 e. The van der Waals surface area contributed by atoms with Gasteiger partial charge in [0.05, 0.1) is 6.92 Å². The molecule has 2 N–H and O–H groups in total. The van der Waals surface area contributed by atoms with E-state index in [0.29, 0.717) is 0 Å². The molecule has 0 heterocycles. The Labute approximate surface area is 33.2 Å². The first kappa shape index (κ1) is 4.83. The van der Waals surface area contributed by atoms with Gasteiger partial charge in [0.15, 0.2) is 0 Å². The third-order valence-corrected chi connectivity index (χ3v) is 0. The molecule has 0 aliphatic rings. The van der Waals surface area contributed by atoms with Crippen molar-refractivity contribution in [2.75, 3.05) is 0 Å². The van der Waals surface area contributed by atoms with E-state index in [1.165, 1.54) is 0 Å². The van der Waals surface area contributed by atoms with Crippen molar-refractivity contribution in [1.82, 2.24) is 0 Å². The highest BCUT2D eigenvalue weighted by atomic mass is 14.7. The van der Waals surface area contributed by atoms with Crippen LogP contribution in [0, 0.1) is 20.8 Å². The molecule has 1 heteroatoms. The summed E-state index contributed by atoms with van der Waals surface area (Å²) in [6.07, 6.45) is 0. The molecule has 0 aromatic heterocycles. The minimum atomic E-state index is -0.750. The molecule has 1 nitrogen and oxygen atoms in total. The monoisotopic (exact) mass is 70.1 g/mol. The van der Waals surface area contributed by atoms with Crippen molar-refractivity contribution in [3.8, 4) is 0 Å². The van der Waals surface area contributed by atoms with Crippen molar-refractivity contribution in [3.63, 3.8) is 0 Å². The molecular formula is C4H8N. The fourth-order valence-corrected chi connectivity index (χ4v) is 0. The molecule has 0 rings (SSSR count). The Kier molecular flexibility index (Phi) is 0.872. The Hall–Kier alpha value is -0.170. The quantitative estimate of drug-likeness (QED) is 0.404. The predicted octanol–water partition coefficient (Wildman–Crippen LogP) is 0.186. The maximum Gasteiger partial charge on any atom is 0.0503 e. The normalized spacial score (nSPS) is 21.4. The molecule has 0 aromatic carbocycles. The van der Waals surface area contributed by atoms with Gasteiger partial charge in [-0.3, -0.25) is 6.92 Å². The third-order valence-electron chi connectivity index (χ3n) is 0. The zero-order chi connectivity index (χ0) is 4.50. The summed E-state index contributed by atoms with van der Waals surface area (Å²) in [5.74, 6) is 0. The van der Waals surface area contributed by atoms with Gasteiger partial charge in [0, 0.05) is 5.54 Å². The average molecular weight is 70.1 g/mol. The van der Waals surface area contributed by atoms with Gasteiger partial charge < -0.3 is 5.73 Å². The number of nitrogens with two attached hydrogens (primary N) is 1. The first-order valence-electron chi connectivity index (χ1n) is 1.35. The molecule has 0 bridgehead atoms. The Balaban J connectivity index is 3.02. The molecule has 0 fully saturated rings. The van der Waals surface area contributed by atoms with Gasteiger partial charge in [0.2, 0.25) is 0 Å². The van der Waals surface area contributed by atoms with Gasteiger partial charge in [-0.05, 0) is 6.92 Å². The van der Waals surface area contributed by atoms with E-state index in [0.717, 1.165) is 0 Å². The molecule has 0 aromatic rings. The van der Waals surface area contributed by atoms with Gasteiger partial charge in [-0.2, -0.15) is 0 Å². The minimum Gasteiger partial charge on any atom is -0.314 e. The van der Waals surface area contributed by atoms with Crippen LogP contribution in [0.25, 0.3) is 0 Å². The molecule has 0 aliphatic carbocycles. The summed E-state index contributed by atoms with van der Waals surface area (Å²) < 4.78 is 0. The first-order chi connectivity index (χ1) is 2.00. The maximum absolute atomic E-state index is 5.02. The lowest BCUT2D eigenvalue weighted by molar-refractivity contribution is 0.811. The fraction of sp³-hybridized carbons (Fsp3) is 0.250. The fourth-order valence-electron chi connectivity index (χ4n) is 0. The van der Waals surface area contributed by atoms with Crippen LogP contribution in [0.1, 0.15) is 0 Å². The lowest BCUT2D eigenvalue weighted by Crippen LogP contribution is -2.27. The highest BCUT2D eigenvalue weighted by Crippen LogP contribution is 1.85. The Morgan fingerprint density at radius 1 is 2.00 bits per heavy atom. The number of rotatable bonds is 0. The van der Waals surface area contributed by atoms with E-state index in [1.54, 1.807) is 0 Å². The van der Waals surface area contributed by atoms with Crippen LogP contribution in [-0.4, -0.2) is 5.54 Å². The second kappa shape index (κ2) is 0.902. The van der Waals surface area contributed by atoms with Crippen LogP contribution in [0.4, 0.5) is 0 Å². The summed E-state index contributed by atoms with van der Waals surface area (Å²) in [5.41, 5.74) is 4.27. The SMILES string of the molecule is [CH2]C([CH2+])([CH2-])N. The molecule has 0 saturated carbocycles. The van der Waals surface area contributed by atoms with Crippen LogP contribution in [-0.2, 0) is 0 Å². The standard InChI is InChI=1S/C4H8N/c1-4(2,3)5/h1-3,5H2. The highest BCUT2D eigenvalue weighted by molar-refractivity contribution is 4.91. The molecule has 0 amide bonds. The molecule has 0 spiro atoms. The van der Waals surface area contributed by atoms with Gasteiger partial charge in [0.1, 0.15) is 0 Å². The third kappa shape index (κ3) is 444. The summed E-state index contributed by atoms with van der Waals surface area (Å²) in [7, 11) is 0. The smallest absolute Gasteiger partial charge is 0.0503 e. The van der Waals surface area contributed by atoms with E-state index in [1.807, 2.05) is 0 Å². The molecule has 5 heavy (non-hydrogen) atoms. The summed E-state index contributed by atoms with van der Waals surface area (Å²) >= 11 is 0. The molecular weight excluding hydrogens is 62.1 g/mol. The van der Waals surface area contributed by atoms with E-state index in [4.69, 9.17) is 5.73 Å². The van der Waals surface area contributed by atoms with Crippen molar-refractivity contribution in [1.29, 1.82) is 0 Å². The van der Waals surface area contributed by atoms with Gasteiger partial charge >= 0.3 is 0 Å². The number of hydrogen-bond donors (Lipinski definition) is 1. The summed E-state index contributed by atoms with van der Waals surface area (Å²) in [4.78, 5) is 0. The van der Waals surface area contributed by atoms with Crippen molar-refractivity contribution in [3.05, 3.63) is 20.8 Å². The average Bonchev–Trinajstić information content (AvgIpc) is 0.722. The minimum absolute atomic E-state index is 0.750. The first-order valence-corrected chi connectivity index (χ1v) is 1.35. The summed E-state index contributed by atoms with van der Waals surface area (Å²) in [5, 5.41) is 0. The van der Waals surface area contributed by atoms with Crippen LogP contribution in [0.5, 0.6) is 0 Å². The molecule has 29 valence electrons. The van der Waals surface area contributed by atoms with E-state index in [9.17, 15) is 0 Å². The highest BCUT2D eigenvalue weighted by Gasteiger charge is 1.95. The summed E-state index contributed by atoms with van der Waals surface area (Å²) in [6.45, 7) is 9.98. The zero-order valence-corrected chi connectivity index (χ0v) is 3.20. The number of hydrogen-bond acceptors (Lipinski definition) is 1. The molecule has 0 saturated heterocycles. The molecule has 1 radical (unpaired) electrons. The van der Waals surface area contributed by atoms with Crippen LogP contribution >= 0.6 is 0 Å². The van der Waals surface area contributed by atoms with Crippen LogP contribution in [0.15, 0.2) is 0 Å². The second-order valence-corrected chi connectivity index (χ2v) is 1.36. The lowest BCUT2D eigenvalue weighted by atomic mass is 10.1. The van der Waals surface area contributed by atoms with Crippen LogP contribution in [0.3, 0.4) is 0 Å². The molecule has 0 atom stereocenters. The van der Waals surface area contributed by atoms with E-state index in [2.05, 4.69) is 20.8 Å². The second-order valence-electron chi connectivity index (χ2n) is 1.36. The van der Waals surface area contributed by atoms with E-state index in [-0.39, 0.29) is 0 Å². The van der Waals surface area contributed by atoms with Crippen molar-refractivity contribution >= 4 is 0 Å². The molecule has 0 aliphatic heterocycles. The zero-order valence-electron chi connectivity index (χ0n) is 3.20. The van der Waals surface area contributed by atoms with Crippen molar-refractivity contribution in [2.24, 2.45) is 5.73 Å². The van der Waals surface area contributed by atoms with Gasteiger partial charge in [0.25, 0.3) is 0 Å². The lowest BCUT2D eigenvalue weighted by Gasteiger charge is -2.06.